The number of ether oxygens (including phenoxy) is 2. The highest BCUT2D eigenvalue weighted by Gasteiger charge is 2.16. The molecule has 0 saturated carbocycles. The van der Waals surface area contributed by atoms with Gasteiger partial charge in [-0.25, -0.2) is 4.68 Å². The van der Waals surface area contributed by atoms with Crippen molar-refractivity contribution in [2.24, 2.45) is 0 Å². The lowest BCUT2D eigenvalue weighted by Gasteiger charge is -2.05. The number of rotatable bonds is 7. The van der Waals surface area contributed by atoms with Crippen LogP contribution in [0.25, 0.3) is 11.4 Å². The average molecular weight is 304 g/mol. The monoisotopic (exact) mass is 304 g/mol. The van der Waals surface area contributed by atoms with Gasteiger partial charge in [0.05, 0.1) is 0 Å². The summed E-state index contributed by atoms with van der Waals surface area (Å²) in [7, 11) is 0. The third kappa shape index (κ3) is 3.16. The SMILES string of the molecule is O=C(O)CCCCCn1nnnc1-c1ccc2c(c1)OCO2. The first-order valence-electron chi connectivity index (χ1n) is 7.12. The molecule has 8 heteroatoms. The highest BCUT2D eigenvalue weighted by Crippen LogP contribution is 2.35. The Balaban J connectivity index is 1.63. The van der Waals surface area contributed by atoms with Gasteiger partial charge < -0.3 is 14.6 Å². The topological polar surface area (TPSA) is 99.4 Å². The summed E-state index contributed by atoms with van der Waals surface area (Å²) < 4.78 is 12.4. The van der Waals surface area contributed by atoms with Crippen molar-refractivity contribution < 1.29 is 19.4 Å². The summed E-state index contributed by atoms with van der Waals surface area (Å²) in [5, 5.41) is 20.4. The molecule has 0 bridgehead atoms. The van der Waals surface area contributed by atoms with Gasteiger partial charge in [0.15, 0.2) is 17.3 Å². The van der Waals surface area contributed by atoms with E-state index >= 15 is 0 Å². The molecular weight excluding hydrogens is 288 g/mol. The number of aromatic nitrogens is 4. The Kier molecular flexibility index (Phi) is 4.17. The van der Waals surface area contributed by atoms with Gasteiger partial charge in [-0.15, -0.1) is 5.10 Å². The number of carboxylic acids is 1. The number of aryl methyl sites for hydroxylation is 1. The summed E-state index contributed by atoms with van der Waals surface area (Å²) in [5.74, 6) is 1.31. The van der Waals surface area contributed by atoms with Crippen LogP contribution in [0.3, 0.4) is 0 Å². The summed E-state index contributed by atoms with van der Waals surface area (Å²) >= 11 is 0. The quantitative estimate of drug-likeness (QED) is 0.777. The van der Waals surface area contributed by atoms with Crippen LogP contribution in [0.4, 0.5) is 0 Å². The minimum Gasteiger partial charge on any atom is -0.481 e. The van der Waals surface area contributed by atoms with Crippen LogP contribution in [-0.4, -0.2) is 38.1 Å². The molecule has 0 saturated heterocycles. The number of unbranched alkanes of at least 4 members (excludes halogenated alkanes) is 2. The second-order valence-electron chi connectivity index (χ2n) is 5.00. The highest BCUT2D eigenvalue weighted by molar-refractivity contribution is 5.66. The molecule has 22 heavy (non-hydrogen) atoms. The molecule has 0 amide bonds. The second kappa shape index (κ2) is 6.42. The van der Waals surface area contributed by atoms with Crippen LogP contribution in [0.15, 0.2) is 18.2 Å². The molecule has 1 aromatic heterocycles. The molecule has 0 spiro atoms. The Hall–Kier alpha value is -2.64. The van der Waals surface area contributed by atoms with E-state index in [9.17, 15) is 4.79 Å². The number of nitrogens with zero attached hydrogens (tertiary/aromatic N) is 4. The van der Waals surface area contributed by atoms with Gasteiger partial charge in [0, 0.05) is 18.5 Å². The fraction of sp³-hybridized carbons (Fsp3) is 0.429. The molecule has 2 heterocycles. The molecule has 0 fully saturated rings. The molecule has 1 aliphatic heterocycles. The van der Waals surface area contributed by atoms with Crippen LogP contribution in [0, 0.1) is 0 Å². The van der Waals surface area contributed by atoms with Crippen molar-refractivity contribution in [3.63, 3.8) is 0 Å². The third-order valence-corrected chi connectivity index (χ3v) is 3.42. The van der Waals surface area contributed by atoms with Crippen LogP contribution in [-0.2, 0) is 11.3 Å². The molecule has 116 valence electrons. The van der Waals surface area contributed by atoms with Crippen molar-refractivity contribution in [2.45, 2.75) is 32.2 Å². The number of tetrazole rings is 1. The summed E-state index contributed by atoms with van der Waals surface area (Å²) in [6, 6.07) is 5.58. The molecule has 0 unspecified atom stereocenters. The van der Waals surface area contributed by atoms with Crippen molar-refractivity contribution in [3.8, 4) is 22.9 Å². The number of carbonyl (C=O) groups is 1. The number of hydrogen-bond acceptors (Lipinski definition) is 6. The largest absolute Gasteiger partial charge is 0.481 e. The first-order chi connectivity index (χ1) is 10.7. The summed E-state index contributed by atoms with van der Waals surface area (Å²) in [4.78, 5) is 10.5. The number of hydrogen-bond donors (Lipinski definition) is 1. The maximum atomic E-state index is 10.5. The summed E-state index contributed by atoms with van der Waals surface area (Å²) in [6.45, 7) is 0.879. The van der Waals surface area contributed by atoms with Crippen molar-refractivity contribution in [1.82, 2.24) is 20.2 Å². The van der Waals surface area contributed by atoms with Gasteiger partial charge in [-0.1, -0.05) is 6.42 Å². The zero-order valence-corrected chi connectivity index (χ0v) is 11.9. The van der Waals surface area contributed by atoms with Crippen LogP contribution in [0.5, 0.6) is 11.5 Å². The van der Waals surface area contributed by atoms with Crippen LogP contribution < -0.4 is 9.47 Å². The van der Waals surface area contributed by atoms with E-state index in [0.717, 1.165) is 24.2 Å². The van der Waals surface area contributed by atoms with Gasteiger partial charge in [-0.05, 0) is 41.5 Å². The zero-order chi connectivity index (χ0) is 15.4. The van der Waals surface area contributed by atoms with Crippen LogP contribution >= 0.6 is 0 Å². The summed E-state index contributed by atoms with van der Waals surface area (Å²) in [6.07, 6.45) is 2.52. The Morgan fingerprint density at radius 3 is 2.95 bits per heavy atom. The lowest BCUT2D eigenvalue weighted by atomic mass is 10.1. The predicted molar refractivity (Wildman–Crippen MR) is 75.5 cm³/mol. The van der Waals surface area contributed by atoms with E-state index in [1.54, 1.807) is 4.68 Å². The van der Waals surface area contributed by atoms with E-state index in [4.69, 9.17) is 14.6 Å². The highest BCUT2D eigenvalue weighted by atomic mass is 16.7. The Morgan fingerprint density at radius 1 is 1.23 bits per heavy atom. The standard InChI is InChI=1S/C14H16N4O4/c19-13(20)4-2-1-3-7-18-14(15-16-17-18)10-5-6-11-12(8-10)22-9-21-11/h5-6,8H,1-4,7,9H2,(H,19,20). The first-order valence-corrected chi connectivity index (χ1v) is 7.12. The molecule has 0 atom stereocenters. The lowest BCUT2D eigenvalue weighted by molar-refractivity contribution is -0.137. The van der Waals surface area contributed by atoms with E-state index < -0.39 is 5.97 Å². The number of carboxylic acid groups (broad SMARTS) is 1. The minimum absolute atomic E-state index is 0.199. The number of fused-ring (bicyclic) bond motifs is 1. The van der Waals surface area contributed by atoms with Gasteiger partial charge in [0.2, 0.25) is 6.79 Å². The summed E-state index contributed by atoms with van der Waals surface area (Å²) in [5.41, 5.74) is 0.861. The molecule has 1 N–H and O–H groups in total. The fourth-order valence-electron chi connectivity index (χ4n) is 2.31. The molecule has 0 aliphatic carbocycles. The van der Waals surface area contributed by atoms with E-state index in [1.165, 1.54) is 0 Å². The second-order valence-corrected chi connectivity index (χ2v) is 5.00. The van der Waals surface area contributed by atoms with Crippen molar-refractivity contribution in [1.29, 1.82) is 0 Å². The molecular formula is C14H16N4O4. The molecule has 0 radical (unpaired) electrons. The van der Waals surface area contributed by atoms with Crippen molar-refractivity contribution in [3.05, 3.63) is 18.2 Å². The third-order valence-electron chi connectivity index (χ3n) is 3.42. The van der Waals surface area contributed by atoms with E-state index in [1.807, 2.05) is 18.2 Å². The first kappa shape index (κ1) is 14.3. The zero-order valence-electron chi connectivity index (χ0n) is 11.9. The van der Waals surface area contributed by atoms with Crippen molar-refractivity contribution >= 4 is 5.97 Å². The van der Waals surface area contributed by atoms with Gasteiger partial charge in [0.1, 0.15) is 0 Å². The van der Waals surface area contributed by atoms with E-state index in [2.05, 4.69) is 15.5 Å². The van der Waals surface area contributed by atoms with E-state index in [-0.39, 0.29) is 13.2 Å². The maximum Gasteiger partial charge on any atom is 0.303 e. The molecule has 3 rings (SSSR count). The van der Waals surface area contributed by atoms with E-state index in [0.29, 0.717) is 24.5 Å². The number of benzene rings is 1. The smallest absolute Gasteiger partial charge is 0.303 e. The van der Waals surface area contributed by atoms with Gasteiger partial charge in [-0.3, -0.25) is 4.79 Å². The molecule has 1 aliphatic rings. The Labute approximate surface area is 126 Å². The minimum atomic E-state index is -0.761. The predicted octanol–water partition coefficient (Wildman–Crippen LogP) is 1.71. The van der Waals surface area contributed by atoms with Gasteiger partial charge >= 0.3 is 5.97 Å². The molecule has 2 aromatic rings. The van der Waals surface area contributed by atoms with Crippen LogP contribution in [0.1, 0.15) is 25.7 Å². The van der Waals surface area contributed by atoms with Gasteiger partial charge in [0.25, 0.3) is 0 Å². The average Bonchev–Trinajstić information content (AvgIpc) is 3.14. The number of aliphatic carboxylic acids is 1. The lowest BCUT2D eigenvalue weighted by Crippen LogP contribution is -2.03. The Bertz CT molecular complexity index is 671. The molecule has 8 nitrogen and oxygen atoms in total. The fourth-order valence-corrected chi connectivity index (χ4v) is 2.31. The van der Waals surface area contributed by atoms with Crippen LogP contribution in [0.2, 0.25) is 0 Å². The van der Waals surface area contributed by atoms with Gasteiger partial charge in [-0.2, -0.15) is 0 Å². The molecule has 1 aromatic carbocycles. The maximum absolute atomic E-state index is 10.5. The Morgan fingerprint density at radius 2 is 2.09 bits per heavy atom. The van der Waals surface area contributed by atoms with Crippen molar-refractivity contribution in [2.75, 3.05) is 6.79 Å². The normalized spacial score (nSPS) is 12.5.